The minimum absolute atomic E-state index is 0.134. The third kappa shape index (κ3) is 4.79. The maximum atomic E-state index is 11.5. The molecule has 0 radical (unpaired) electrons. The predicted octanol–water partition coefficient (Wildman–Crippen LogP) is 1.04. The molecule has 92 valence electrons. The maximum absolute atomic E-state index is 11.5. The van der Waals surface area contributed by atoms with Crippen LogP contribution in [0.5, 0.6) is 0 Å². The summed E-state index contributed by atoms with van der Waals surface area (Å²) in [6.07, 6.45) is 6.68. The third-order valence-electron chi connectivity index (χ3n) is 2.69. The number of sulfone groups is 1. The molecular formula is C11H19NO3S. The average molecular weight is 245 g/mol. The monoisotopic (exact) mass is 245 g/mol. The fraction of sp³-hybridized carbons (Fsp3) is 0.727. The molecule has 1 aliphatic carbocycles. The van der Waals surface area contributed by atoms with Crippen LogP contribution in [0.1, 0.15) is 32.1 Å². The van der Waals surface area contributed by atoms with Crippen LogP contribution >= 0.6 is 0 Å². The molecule has 1 amide bonds. The SMILES string of the molecule is C=CCS(=O)(=O)CC(=O)NC1CCCCC1. The molecule has 0 saturated heterocycles. The van der Waals surface area contributed by atoms with E-state index in [9.17, 15) is 13.2 Å². The Morgan fingerprint density at radius 3 is 2.50 bits per heavy atom. The molecule has 0 aromatic carbocycles. The van der Waals surface area contributed by atoms with E-state index in [1.54, 1.807) is 0 Å². The zero-order valence-electron chi connectivity index (χ0n) is 9.44. The van der Waals surface area contributed by atoms with Gasteiger partial charge >= 0.3 is 0 Å². The van der Waals surface area contributed by atoms with E-state index >= 15 is 0 Å². The number of carbonyl (C=O) groups excluding carboxylic acids is 1. The summed E-state index contributed by atoms with van der Waals surface area (Å²) >= 11 is 0. The number of rotatable bonds is 5. The Bertz CT molecular complexity index is 342. The number of nitrogens with one attached hydrogen (secondary N) is 1. The second-order valence-corrected chi connectivity index (χ2v) is 6.35. The highest BCUT2D eigenvalue weighted by atomic mass is 32.2. The van der Waals surface area contributed by atoms with Gasteiger partial charge in [0.2, 0.25) is 5.91 Å². The highest BCUT2D eigenvalue weighted by Crippen LogP contribution is 2.17. The van der Waals surface area contributed by atoms with Gasteiger partial charge in [0, 0.05) is 6.04 Å². The number of hydrogen-bond donors (Lipinski definition) is 1. The van der Waals surface area contributed by atoms with Crippen molar-refractivity contribution in [1.82, 2.24) is 5.32 Å². The number of amides is 1. The Morgan fingerprint density at radius 2 is 1.94 bits per heavy atom. The lowest BCUT2D eigenvalue weighted by molar-refractivity contribution is -0.119. The van der Waals surface area contributed by atoms with Gasteiger partial charge in [0.05, 0.1) is 5.75 Å². The van der Waals surface area contributed by atoms with Crippen LogP contribution < -0.4 is 5.32 Å². The molecular weight excluding hydrogens is 226 g/mol. The summed E-state index contributed by atoms with van der Waals surface area (Å²) in [4.78, 5) is 11.5. The largest absolute Gasteiger partial charge is 0.352 e. The van der Waals surface area contributed by atoms with Gasteiger partial charge in [0.15, 0.2) is 9.84 Å². The lowest BCUT2D eigenvalue weighted by atomic mass is 9.95. The molecule has 1 fully saturated rings. The van der Waals surface area contributed by atoms with Crippen molar-refractivity contribution in [2.75, 3.05) is 11.5 Å². The first-order valence-corrected chi connectivity index (χ1v) is 7.46. The summed E-state index contributed by atoms with van der Waals surface area (Å²) in [6, 6.07) is 0.167. The first kappa shape index (κ1) is 13.2. The molecule has 1 saturated carbocycles. The normalized spacial score (nSPS) is 18.0. The smallest absolute Gasteiger partial charge is 0.235 e. The lowest BCUT2D eigenvalue weighted by Gasteiger charge is -2.22. The van der Waals surface area contributed by atoms with E-state index in [2.05, 4.69) is 11.9 Å². The van der Waals surface area contributed by atoms with Crippen molar-refractivity contribution in [2.24, 2.45) is 0 Å². The zero-order chi connectivity index (χ0) is 12.0. The van der Waals surface area contributed by atoms with Crippen molar-refractivity contribution in [3.63, 3.8) is 0 Å². The van der Waals surface area contributed by atoms with Gasteiger partial charge in [-0.2, -0.15) is 0 Å². The van der Waals surface area contributed by atoms with Crippen LogP contribution in [0.15, 0.2) is 12.7 Å². The molecule has 1 aliphatic rings. The fourth-order valence-electron chi connectivity index (χ4n) is 1.95. The number of carbonyl (C=O) groups is 1. The first-order chi connectivity index (χ1) is 7.53. The Morgan fingerprint density at radius 1 is 1.31 bits per heavy atom. The minimum Gasteiger partial charge on any atom is -0.352 e. The topological polar surface area (TPSA) is 63.2 Å². The van der Waals surface area contributed by atoms with Gasteiger partial charge in [-0.05, 0) is 12.8 Å². The summed E-state index contributed by atoms with van der Waals surface area (Å²) < 4.78 is 22.7. The zero-order valence-corrected chi connectivity index (χ0v) is 10.3. The van der Waals surface area contributed by atoms with E-state index in [-0.39, 0.29) is 17.7 Å². The van der Waals surface area contributed by atoms with Gasteiger partial charge in [-0.25, -0.2) is 8.42 Å². The van der Waals surface area contributed by atoms with E-state index in [0.29, 0.717) is 0 Å². The summed E-state index contributed by atoms with van der Waals surface area (Å²) in [6.45, 7) is 3.36. The summed E-state index contributed by atoms with van der Waals surface area (Å²) in [5.41, 5.74) is 0. The standard InChI is InChI=1S/C11H19NO3S/c1-2-8-16(14,15)9-11(13)12-10-6-4-3-5-7-10/h2,10H,1,3-9H2,(H,12,13). The van der Waals surface area contributed by atoms with Gasteiger partial charge in [-0.3, -0.25) is 4.79 Å². The molecule has 16 heavy (non-hydrogen) atoms. The summed E-state index contributed by atoms with van der Waals surface area (Å²) in [5, 5.41) is 2.78. The van der Waals surface area contributed by atoms with Crippen molar-refractivity contribution in [2.45, 2.75) is 38.1 Å². The van der Waals surface area contributed by atoms with Crippen molar-refractivity contribution in [3.05, 3.63) is 12.7 Å². The Balaban J connectivity index is 2.37. The molecule has 5 heteroatoms. The first-order valence-electron chi connectivity index (χ1n) is 5.64. The van der Waals surface area contributed by atoms with Crippen LogP contribution in [0.2, 0.25) is 0 Å². The van der Waals surface area contributed by atoms with Gasteiger partial charge in [-0.1, -0.05) is 25.3 Å². The molecule has 0 aliphatic heterocycles. The second-order valence-electron chi connectivity index (χ2n) is 4.25. The Labute approximate surface area is 97.0 Å². The van der Waals surface area contributed by atoms with E-state index in [1.807, 2.05) is 0 Å². The van der Waals surface area contributed by atoms with E-state index in [4.69, 9.17) is 0 Å². The van der Waals surface area contributed by atoms with Crippen molar-refractivity contribution < 1.29 is 13.2 Å². The third-order valence-corrected chi connectivity index (χ3v) is 4.14. The summed E-state index contributed by atoms with van der Waals surface area (Å²) in [7, 11) is -3.31. The van der Waals surface area contributed by atoms with Crippen LogP contribution in [0.25, 0.3) is 0 Å². The van der Waals surface area contributed by atoms with E-state index < -0.39 is 15.6 Å². The molecule has 0 heterocycles. The average Bonchev–Trinajstić information content (AvgIpc) is 2.17. The molecule has 0 bridgehead atoms. The molecule has 0 unspecified atom stereocenters. The highest BCUT2D eigenvalue weighted by molar-refractivity contribution is 7.92. The van der Waals surface area contributed by atoms with Gasteiger partial charge in [-0.15, -0.1) is 6.58 Å². The maximum Gasteiger partial charge on any atom is 0.235 e. The number of hydrogen-bond acceptors (Lipinski definition) is 3. The molecule has 0 aromatic heterocycles. The van der Waals surface area contributed by atoms with Gasteiger partial charge in [0.25, 0.3) is 0 Å². The molecule has 1 N–H and O–H groups in total. The van der Waals surface area contributed by atoms with Gasteiger partial charge < -0.3 is 5.32 Å². The fourth-order valence-corrected chi connectivity index (χ4v) is 2.91. The lowest BCUT2D eigenvalue weighted by Crippen LogP contribution is -2.39. The molecule has 1 rings (SSSR count). The van der Waals surface area contributed by atoms with Crippen LogP contribution in [0.4, 0.5) is 0 Å². The van der Waals surface area contributed by atoms with Crippen LogP contribution in [-0.2, 0) is 14.6 Å². The molecule has 0 aromatic rings. The van der Waals surface area contributed by atoms with Crippen LogP contribution in [0, 0.1) is 0 Å². The minimum atomic E-state index is -3.31. The van der Waals surface area contributed by atoms with Crippen molar-refractivity contribution >= 4 is 15.7 Å². The highest BCUT2D eigenvalue weighted by Gasteiger charge is 2.19. The molecule has 0 atom stereocenters. The van der Waals surface area contributed by atoms with Gasteiger partial charge in [0.1, 0.15) is 5.75 Å². The van der Waals surface area contributed by atoms with Crippen molar-refractivity contribution in [1.29, 1.82) is 0 Å². The van der Waals surface area contributed by atoms with Crippen LogP contribution in [0.3, 0.4) is 0 Å². The van der Waals surface area contributed by atoms with Crippen molar-refractivity contribution in [3.8, 4) is 0 Å². The quantitative estimate of drug-likeness (QED) is 0.736. The Kier molecular flexibility index (Phi) is 4.99. The summed E-state index contributed by atoms with van der Waals surface area (Å²) in [5.74, 6) is -0.936. The van der Waals surface area contributed by atoms with Crippen LogP contribution in [-0.4, -0.2) is 31.9 Å². The van der Waals surface area contributed by atoms with E-state index in [0.717, 1.165) is 25.7 Å². The molecule has 0 spiro atoms. The van der Waals surface area contributed by atoms with E-state index in [1.165, 1.54) is 12.5 Å². The Hall–Kier alpha value is -0.840. The second kappa shape index (κ2) is 6.03. The molecule has 4 nitrogen and oxygen atoms in total. The predicted molar refractivity (Wildman–Crippen MR) is 63.9 cm³/mol.